The number of carboxylic acid groups (broad SMARTS) is 1. The molecule has 1 amide bonds. The summed E-state index contributed by atoms with van der Waals surface area (Å²) in [7, 11) is 1.58. The van der Waals surface area contributed by atoms with Gasteiger partial charge in [0.2, 0.25) is 5.91 Å². The molecule has 5 nitrogen and oxygen atoms in total. The van der Waals surface area contributed by atoms with E-state index in [-0.39, 0.29) is 12.5 Å². The van der Waals surface area contributed by atoms with Gasteiger partial charge in [0.05, 0.1) is 5.41 Å². The van der Waals surface area contributed by atoms with E-state index in [4.69, 9.17) is 4.74 Å². The van der Waals surface area contributed by atoms with Crippen LogP contribution in [0.25, 0.3) is 0 Å². The highest BCUT2D eigenvalue weighted by Crippen LogP contribution is 2.25. The number of carbonyl (C=O) groups excluding carboxylic acids is 1. The average molecular weight is 245 g/mol. The van der Waals surface area contributed by atoms with Crippen LogP contribution in [0.4, 0.5) is 0 Å². The Hall–Kier alpha value is -1.10. The zero-order valence-corrected chi connectivity index (χ0v) is 10.9. The van der Waals surface area contributed by atoms with Crippen LogP contribution in [-0.4, -0.2) is 37.2 Å². The van der Waals surface area contributed by atoms with E-state index < -0.39 is 11.4 Å². The summed E-state index contributed by atoms with van der Waals surface area (Å²) in [5.41, 5.74) is -0.836. The summed E-state index contributed by atoms with van der Waals surface area (Å²) < 4.78 is 4.84. The number of ether oxygens (including phenoxy) is 1. The molecule has 0 aromatic carbocycles. The number of nitrogens with one attached hydrogen (secondary N) is 1. The predicted octanol–water partition coefficient (Wildman–Crippen LogP) is 1.42. The van der Waals surface area contributed by atoms with Gasteiger partial charge in [-0.25, -0.2) is 0 Å². The topological polar surface area (TPSA) is 75.6 Å². The fourth-order valence-corrected chi connectivity index (χ4v) is 1.61. The molecule has 0 aliphatic carbocycles. The van der Waals surface area contributed by atoms with Gasteiger partial charge in [0.1, 0.15) is 0 Å². The van der Waals surface area contributed by atoms with E-state index in [1.807, 2.05) is 13.8 Å². The molecule has 0 heterocycles. The number of hydrogen-bond acceptors (Lipinski definition) is 3. The van der Waals surface area contributed by atoms with E-state index in [1.54, 1.807) is 7.11 Å². The molecule has 0 aliphatic rings. The van der Waals surface area contributed by atoms with Crippen LogP contribution in [0, 0.1) is 5.41 Å². The van der Waals surface area contributed by atoms with E-state index in [9.17, 15) is 14.7 Å². The highest BCUT2D eigenvalue weighted by molar-refractivity contribution is 5.79. The molecule has 0 radical (unpaired) electrons. The molecule has 100 valence electrons. The van der Waals surface area contributed by atoms with E-state index in [0.29, 0.717) is 32.3 Å². The van der Waals surface area contributed by atoms with Crippen molar-refractivity contribution in [1.29, 1.82) is 0 Å². The van der Waals surface area contributed by atoms with Crippen LogP contribution in [0.5, 0.6) is 0 Å². The monoisotopic (exact) mass is 245 g/mol. The lowest BCUT2D eigenvalue weighted by Gasteiger charge is -2.26. The molecular formula is C12H23NO4. The van der Waals surface area contributed by atoms with Crippen LogP contribution in [-0.2, 0) is 14.3 Å². The number of hydrogen-bond donors (Lipinski definition) is 2. The first-order valence-corrected chi connectivity index (χ1v) is 6.01. The van der Waals surface area contributed by atoms with Gasteiger partial charge < -0.3 is 15.2 Å². The number of aliphatic carboxylic acids is 1. The molecule has 0 aromatic heterocycles. The fraction of sp³-hybridized carbons (Fsp3) is 0.833. The smallest absolute Gasteiger partial charge is 0.311 e. The Kier molecular flexibility index (Phi) is 7.54. The first kappa shape index (κ1) is 15.9. The van der Waals surface area contributed by atoms with Gasteiger partial charge in [-0.3, -0.25) is 9.59 Å². The van der Waals surface area contributed by atoms with Crippen LogP contribution >= 0.6 is 0 Å². The van der Waals surface area contributed by atoms with Crippen molar-refractivity contribution in [3.05, 3.63) is 0 Å². The maximum atomic E-state index is 11.5. The summed E-state index contributed by atoms with van der Waals surface area (Å²) in [6, 6.07) is 0. The van der Waals surface area contributed by atoms with Crippen LogP contribution in [0.15, 0.2) is 0 Å². The van der Waals surface area contributed by atoms with Crippen LogP contribution in [0.3, 0.4) is 0 Å². The number of methoxy groups -OCH3 is 1. The molecule has 0 saturated carbocycles. The van der Waals surface area contributed by atoms with E-state index in [1.165, 1.54) is 0 Å². The summed E-state index contributed by atoms with van der Waals surface area (Å²) in [4.78, 5) is 22.6. The number of carbonyl (C=O) groups is 2. The SMILES string of the molecule is CCC(CC)(CNC(=O)CCCOC)C(=O)O. The van der Waals surface area contributed by atoms with E-state index in [0.717, 1.165) is 0 Å². The third kappa shape index (κ3) is 5.17. The van der Waals surface area contributed by atoms with Gasteiger partial charge in [-0.15, -0.1) is 0 Å². The summed E-state index contributed by atoms with van der Waals surface area (Å²) in [5.74, 6) is -0.964. The molecule has 0 spiro atoms. The van der Waals surface area contributed by atoms with E-state index >= 15 is 0 Å². The summed E-state index contributed by atoms with van der Waals surface area (Å²) >= 11 is 0. The van der Waals surface area contributed by atoms with Crippen LogP contribution in [0.2, 0.25) is 0 Å². The zero-order valence-electron chi connectivity index (χ0n) is 10.9. The lowest BCUT2D eigenvalue weighted by Crippen LogP contribution is -2.42. The molecule has 0 atom stereocenters. The summed E-state index contributed by atoms with van der Waals surface area (Å²) in [6.07, 6.45) is 2.05. The Balaban J connectivity index is 4.13. The van der Waals surface area contributed by atoms with Crippen molar-refractivity contribution in [3.63, 3.8) is 0 Å². The van der Waals surface area contributed by atoms with Gasteiger partial charge in [0.15, 0.2) is 0 Å². The second-order valence-electron chi connectivity index (χ2n) is 4.17. The Morgan fingerprint density at radius 1 is 1.29 bits per heavy atom. The van der Waals surface area contributed by atoms with Crippen molar-refractivity contribution in [3.8, 4) is 0 Å². The molecule has 0 rings (SSSR count). The van der Waals surface area contributed by atoms with Gasteiger partial charge in [-0.05, 0) is 19.3 Å². The van der Waals surface area contributed by atoms with Gasteiger partial charge in [0, 0.05) is 26.7 Å². The molecule has 0 aliphatic heterocycles. The molecular weight excluding hydrogens is 222 g/mol. The number of rotatable bonds is 9. The lowest BCUT2D eigenvalue weighted by atomic mass is 9.82. The zero-order chi connectivity index (χ0) is 13.3. The maximum absolute atomic E-state index is 11.5. The molecule has 0 fully saturated rings. The quantitative estimate of drug-likeness (QED) is 0.602. The van der Waals surface area contributed by atoms with Gasteiger partial charge in [-0.1, -0.05) is 13.8 Å². The second-order valence-corrected chi connectivity index (χ2v) is 4.17. The first-order valence-electron chi connectivity index (χ1n) is 6.01. The highest BCUT2D eigenvalue weighted by atomic mass is 16.5. The van der Waals surface area contributed by atoms with Gasteiger partial charge in [-0.2, -0.15) is 0 Å². The summed E-state index contributed by atoms with van der Waals surface area (Å²) in [5, 5.41) is 11.9. The molecule has 2 N–H and O–H groups in total. The van der Waals surface area contributed by atoms with Crippen molar-refractivity contribution in [2.24, 2.45) is 5.41 Å². The predicted molar refractivity (Wildman–Crippen MR) is 64.8 cm³/mol. The number of carboxylic acids is 1. The lowest BCUT2D eigenvalue weighted by molar-refractivity contribution is -0.149. The Labute approximate surface area is 103 Å². The third-order valence-corrected chi connectivity index (χ3v) is 3.18. The molecule has 0 saturated heterocycles. The fourth-order valence-electron chi connectivity index (χ4n) is 1.61. The third-order valence-electron chi connectivity index (χ3n) is 3.18. The minimum atomic E-state index is -0.848. The summed E-state index contributed by atoms with van der Waals surface area (Å²) in [6.45, 7) is 4.39. The van der Waals surface area contributed by atoms with Crippen LogP contribution in [0.1, 0.15) is 39.5 Å². The minimum Gasteiger partial charge on any atom is -0.481 e. The van der Waals surface area contributed by atoms with Crippen LogP contribution < -0.4 is 5.32 Å². The van der Waals surface area contributed by atoms with Crippen molar-refractivity contribution < 1.29 is 19.4 Å². The minimum absolute atomic E-state index is 0.116. The van der Waals surface area contributed by atoms with Crippen molar-refractivity contribution in [2.45, 2.75) is 39.5 Å². The maximum Gasteiger partial charge on any atom is 0.311 e. The van der Waals surface area contributed by atoms with Gasteiger partial charge >= 0.3 is 5.97 Å². The number of amides is 1. The molecule has 0 unspecified atom stereocenters. The standard InChI is InChI=1S/C12H23NO4/c1-4-12(5-2,11(15)16)9-13-10(14)7-6-8-17-3/h4-9H2,1-3H3,(H,13,14)(H,15,16). The Bertz CT molecular complexity index is 249. The van der Waals surface area contributed by atoms with Crippen molar-refractivity contribution >= 4 is 11.9 Å². The normalized spacial score (nSPS) is 11.2. The molecule has 5 heteroatoms. The van der Waals surface area contributed by atoms with Gasteiger partial charge in [0.25, 0.3) is 0 Å². The van der Waals surface area contributed by atoms with Crippen molar-refractivity contribution in [1.82, 2.24) is 5.32 Å². The van der Waals surface area contributed by atoms with E-state index in [2.05, 4.69) is 5.32 Å². The largest absolute Gasteiger partial charge is 0.481 e. The Morgan fingerprint density at radius 2 is 1.88 bits per heavy atom. The second kappa shape index (κ2) is 8.06. The first-order chi connectivity index (χ1) is 8.02. The average Bonchev–Trinajstić information content (AvgIpc) is 2.31. The highest BCUT2D eigenvalue weighted by Gasteiger charge is 2.34. The Morgan fingerprint density at radius 3 is 2.29 bits per heavy atom. The van der Waals surface area contributed by atoms with Crippen molar-refractivity contribution in [2.75, 3.05) is 20.3 Å². The molecule has 17 heavy (non-hydrogen) atoms. The molecule has 0 aromatic rings. The molecule has 0 bridgehead atoms.